The van der Waals surface area contributed by atoms with Crippen molar-refractivity contribution in [1.29, 1.82) is 0 Å². The second-order valence-corrected chi connectivity index (χ2v) is 9.91. The van der Waals surface area contributed by atoms with Crippen LogP contribution in [-0.2, 0) is 28.5 Å². The number of hydrogen-bond acceptors (Lipinski definition) is 8. The number of carbonyl (C=O) groups is 1. The summed E-state index contributed by atoms with van der Waals surface area (Å²) in [5.74, 6) is -0.718. The SMILES string of the molecule is CCCCCO[C@H]1O[C@@H](C)[C@H](O)[C@@H](OC(=O)c2ccccc2)[C@H]1OS(=O)(=O)c1ccc(C)cc1. The summed E-state index contributed by atoms with van der Waals surface area (Å²) in [5.41, 5.74) is 1.14. The summed E-state index contributed by atoms with van der Waals surface area (Å²) in [6.45, 7) is 5.78. The third-order valence-electron chi connectivity index (χ3n) is 5.59. The van der Waals surface area contributed by atoms with Crippen LogP contribution in [0.3, 0.4) is 0 Å². The summed E-state index contributed by atoms with van der Waals surface area (Å²) in [6, 6.07) is 14.4. The van der Waals surface area contributed by atoms with Gasteiger partial charge in [-0.15, -0.1) is 0 Å². The molecule has 9 heteroatoms. The van der Waals surface area contributed by atoms with Crippen molar-refractivity contribution < 1.29 is 36.7 Å². The molecule has 186 valence electrons. The fraction of sp³-hybridized carbons (Fsp3) is 0.480. The van der Waals surface area contributed by atoms with Gasteiger partial charge in [-0.1, -0.05) is 55.7 Å². The van der Waals surface area contributed by atoms with Gasteiger partial charge >= 0.3 is 5.97 Å². The Bertz CT molecular complexity index is 1020. The number of carbonyl (C=O) groups excluding carboxylic acids is 1. The Morgan fingerprint density at radius 2 is 1.71 bits per heavy atom. The van der Waals surface area contributed by atoms with Crippen LogP contribution in [0.15, 0.2) is 59.5 Å². The standard InChI is InChI=1S/C25H32O8S/c1-4-5-9-16-30-25-23(33-34(28,29)20-14-12-17(2)13-15-20)22(21(26)18(3)31-25)32-24(27)19-10-7-6-8-11-19/h6-8,10-15,18,21-23,25-26H,4-5,9,16H2,1-3H3/t18-,21-,22+,23+,25-/m0/s1. The van der Waals surface area contributed by atoms with Crippen LogP contribution in [0.5, 0.6) is 0 Å². The highest BCUT2D eigenvalue weighted by molar-refractivity contribution is 7.86. The van der Waals surface area contributed by atoms with Crippen LogP contribution in [-0.4, -0.2) is 56.8 Å². The molecule has 1 N–H and O–H groups in total. The van der Waals surface area contributed by atoms with Crippen LogP contribution in [0, 0.1) is 6.92 Å². The zero-order chi connectivity index (χ0) is 24.7. The second-order valence-electron chi connectivity index (χ2n) is 8.34. The van der Waals surface area contributed by atoms with E-state index < -0.39 is 46.8 Å². The lowest BCUT2D eigenvalue weighted by atomic mass is 9.99. The summed E-state index contributed by atoms with van der Waals surface area (Å²) in [7, 11) is -4.28. The van der Waals surface area contributed by atoms with Gasteiger partial charge in [0.15, 0.2) is 18.5 Å². The van der Waals surface area contributed by atoms with E-state index in [9.17, 15) is 18.3 Å². The van der Waals surface area contributed by atoms with Crippen molar-refractivity contribution in [3.8, 4) is 0 Å². The summed E-state index contributed by atoms with van der Waals surface area (Å²) in [6.07, 6.45) is -3.40. The number of aryl methyl sites for hydroxylation is 1. The molecule has 0 aromatic heterocycles. The average molecular weight is 493 g/mol. The molecule has 2 aromatic rings. The molecular formula is C25H32O8S. The van der Waals surface area contributed by atoms with Crippen molar-refractivity contribution in [3.05, 3.63) is 65.7 Å². The van der Waals surface area contributed by atoms with E-state index in [0.717, 1.165) is 24.8 Å². The molecule has 0 bridgehead atoms. The highest BCUT2D eigenvalue weighted by Crippen LogP contribution is 2.30. The topological polar surface area (TPSA) is 108 Å². The molecule has 0 amide bonds. The Morgan fingerprint density at radius 1 is 1.03 bits per heavy atom. The summed E-state index contributed by atoms with van der Waals surface area (Å²) in [5, 5.41) is 10.8. The van der Waals surface area contributed by atoms with Crippen LogP contribution in [0.25, 0.3) is 0 Å². The van der Waals surface area contributed by atoms with E-state index in [-0.39, 0.29) is 10.5 Å². The maximum absolute atomic E-state index is 13.1. The highest BCUT2D eigenvalue weighted by Gasteiger charge is 2.49. The average Bonchev–Trinajstić information content (AvgIpc) is 2.82. The van der Waals surface area contributed by atoms with Gasteiger partial charge in [-0.05, 0) is 44.5 Å². The Kier molecular flexibility index (Phi) is 9.21. The normalized spacial score (nSPS) is 25.1. The lowest BCUT2D eigenvalue weighted by Gasteiger charge is -2.42. The minimum atomic E-state index is -4.28. The van der Waals surface area contributed by atoms with E-state index >= 15 is 0 Å². The lowest BCUT2D eigenvalue weighted by Crippen LogP contribution is -2.60. The quantitative estimate of drug-likeness (QED) is 0.304. The number of benzene rings is 2. The van der Waals surface area contributed by atoms with Crippen LogP contribution in [0.2, 0.25) is 0 Å². The summed E-state index contributed by atoms with van der Waals surface area (Å²) >= 11 is 0. The van der Waals surface area contributed by atoms with Crippen LogP contribution in [0.1, 0.15) is 49.0 Å². The van der Waals surface area contributed by atoms with E-state index in [1.54, 1.807) is 49.4 Å². The minimum Gasteiger partial charge on any atom is -0.453 e. The van der Waals surface area contributed by atoms with Crippen molar-refractivity contribution in [3.63, 3.8) is 0 Å². The zero-order valence-corrected chi connectivity index (χ0v) is 20.4. The smallest absolute Gasteiger partial charge is 0.338 e. The van der Waals surface area contributed by atoms with Crippen LogP contribution < -0.4 is 0 Å². The molecule has 5 atom stereocenters. The van der Waals surface area contributed by atoms with Crippen LogP contribution in [0.4, 0.5) is 0 Å². The number of aliphatic hydroxyl groups is 1. The Labute approximate surface area is 200 Å². The molecule has 0 aliphatic carbocycles. The molecule has 0 spiro atoms. The second kappa shape index (κ2) is 11.9. The molecule has 0 unspecified atom stereocenters. The summed E-state index contributed by atoms with van der Waals surface area (Å²) < 4.78 is 48.8. The molecule has 1 aliphatic heterocycles. The molecule has 8 nitrogen and oxygen atoms in total. The van der Waals surface area contributed by atoms with Gasteiger partial charge in [-0.2, -0.15) is 8.42 Å². The number of aliphatic hydroxyl groups excluding tert-OH is 1. The van der Waals surface area contributed by atoms with E-state index in [1.165, 1.54) is 12.1 Å². The van der Waals surface area contributed by atoms with Gasteiger partial charge in [0.05, 0.1) is 16.6 Å². The number of rotatable bonds is 10. The first-order valence-electron chi connectivity index (χ1n) is 11.4. The highest BCUT2D eigenvalue weighted by atomic mass is 32.2. The molecule has 1 aliphatic rings. The molecule has 1 heterocycles. The predicted molar refractivity (Wildman–Crippen MR) is 125 cm³/mol. The molecule has 3 rings (SSSR count). The van der Waals surface area contributed by atoms with Gasteiger partial charge in [0, 0.05) is 6.61 Å². The first kappa shape index (κ1) is 26.3. The fourth-order valence-electron chi connectivity index (χ4n) is 3.58. The zero-order valence-electron chi connectivity index (χ0n) is 19.6. The van der Waals surface area contributed by atoms with Gasteiger partial charge < -0.3 is 19.3 Å². The molecule has 0 radical (unpaired) electrons. The minimum absolute atomic E-state index is 0.0657. The maximum atomic E-state index is 13.1. The first-order chi connectivity index (χ1) is 16.2. The van der Waals surface area contributed by atoms with E-state index in [0.29, 0.717) is 6.61 Å². The molecule has 0 saturated carbocycles. The molecule has 1 fully saturated rings. The number of ether oxygens (including phenoxy) is 3. The molecular weight excluding hydrogens is 460 g/mol. The van der Waals surface area contributed by atoms with Gasteiger partial charge in [0.25, 0.3) is 10.1 Å². The molecule has 34 heavy (non-hydrogen) atoms. The fourth-order valence-corrected chi connectivity index (χ4v) is 4.65. The van der Waals surface area contributed by atoms with Gasteiger partial charge in [-0.25, -0.2) is 4.79 Å². The van der Waals surface area contributed by atoms with E-state index in [2.05, 4.69) is 6.92 Å². The number of unbranched alkanes of at least 4 members (excludes halogenated alkanes) is 2. The number of esters is 1. The van der Waals surface area contributed by atoms with Crippen molar-refractivity contribution in [2.75, 3.05) is 6.61 Å². The van der Waals surface area contributed by atoms with Crippen LogP contribution >= 0.6 is 0 Å². The monoisotopic (exact) mass is 492 g/mol. The molecule has 1 saturated heterocycles. The van der Waals surface area contributed by atoms with E-state index in [4.69, 9.17) is 18.4 Å². The van der Waals surface area contributed by atoms with Crippen molar-refractivity contribution in [1.82, 2.24) is 0 Å². The third kappa shape index (κ3) is 6.64. The summed E-state index contributed by atoms with van der Waals surface area (Å²) in [4.78, 5) is 12.7. The van der Waals surface area contributed by atoms with Gasteiger partial charge in [0.2, 0.25) is 0 Å². The van der Waals surface area contributed by atoms with Crippen molar-refractivity contribution in [2.45, 2.75) is 75.6 Å². The Morgan fingerprint density at radius 3 is 2.35 bits per heavy atom. The van der Waals surface area contributed by atoms with Gasteiger partial charge in [0.1, 0.15) is 6.10 Å². The third-order valence-corrected chi connectivity index (χ3v) is 6.91. The Hall–Kier alpha value is -2.30. The number of hydrogen-bond donors (Lipinski definition) is 1. The van der Waals surface area contributed by atoms with E-state index in [1.807, 2.05) is 6.92 Å². The molecule has 2 aromatic carbocycles. The lowest BCUT2D eigenvalue weighted by molar-refractivity contribution is -0.286. The first-order valence-corrected chi connectivity index (χ1v) is 12.8. The van der Waals surface area contributed by atoms with Gasteiger partial charge in [-0.3, -0.25) is 4.18 Å². The predicted octanol–water partition coefficient (Wildman–Crippen LogP) is 3.61. The maximum Gasteiger partial charge on any atom is 0.338 e. The van der Waals surface area contributed by atoms with Crippen molar-refractivity contribution in [2.24, 2.45) is 0 Å². The van der Waals surface area contributed by atoms with Crippen molar-refractivity contribution >= 4 is 16.1 Å². The largest absolute Gasteiger partial charge is 0.453 e. The Balaban J connectivity index is 1.89.